The molecule has 1 unspecified atom stereocenters. The summed E-state index contributed by atoms with van der Waals surface area (Å²) in [4.78, 5) is 4.04. The molecule has 0 bridgehead atoms. The van der Waals surface area contributed by atoms with Gasteiger partial charge in [0.15, 0.2) is 0 Å². The number of nitrogens with zero attached hydrogens (tertiary/aromatic N) is 2. The van der Waals surface area contributed by atoms with Gasteiger partial charge in [-0.05, 0) is 30.5 Å². The molecular formula is C14H17FN2O. The van der Waals surface area contributed by atoms with E-state index < -0.39 is 6.10 Å². The van der Waals surface area contributed by atoms with E-state index in [1.165, 1.54) is 6.07 Å². The number of hydrogen-bond acceptors (Lipinski definition) is 2. The van der Waals surface area contributed by atoms with Crippen molar-refractivity contribution in [1.29, 1.82) is 0 Å². The van der Waals surface area contributed by atoms with Gasteiger partial charge in [0.05, 0.1) is 18.2 Å². The van der Waals surface area contributed by atoms with Gasteiger partial charge in [0.25, 0.3) is 0 Å². The fourth-order valence-electron chi connectivity index (χ4n) is 1.94. The second-order valence-electron chi connectivity index (χ2n) is 4.42. The average molecular weight is 248 g/mol. The highest BCUT2D eigenvalue weighted by Gasteiger charge is 2.16. The first kappa shape index (κ1) is 12.8. The molecule has 0 saturated heterocycles. The van der Waals surface area contributed by atoms with E-state index in [0.29, 0.717) is 16.8 Å². The lowest BCUT2D eigenvalue weighted by atomic mass is 10.0. The Kier molecular flexibility index (Phi) is 3.77. The molecule has 0 aliphatic heterocycles. The Morgan fingerprint density at radius 1 is 1.44 bits per heavy atom. The molecule has 0 amide bonds. The van der Waals surface area contributed by atoms with Crippen LogP contribution in [0.25, 0.3) is 0 Å². The topological polar surface area (TPSA) is 38.0 Å². The molecule has 4 heteroatoms. The molecule has 96 valence electrons. The third-order valence-electron chi connectivity index (χ3n) is 3.00. The van der Waals surface area contributed by atoms with Gasteiger partial charge in [-0.3, -0.25) is 0 Å². The molecule has 0 radical (unpaired) electrons. The normalized spacial score (nSPS) is 12.7. The molecule has 0 saturated carbocycles. The second-order valence-corrected chi connectivity index (χ2v) is 4.42. The van der Waals surface area contributed by atoms with Crippen LogP contribution in [0.2, 0.25) is 0 Å². The number of benzene rings is 1. The van der Waals surface area contributed by atoms with E-state index in [0.717, 1.165) is 13.0 Å². The van der Waals surface area contributed by atoms with Crippen LogP contribution >= 0.6 is 0 Å². The number of aryl methyl sites for hydroxylation is 2. The number of aromatic nitrogens is 2. The molecule has 0 spiro atoms. The Morgan fingerprint density at radius 3 is 2.89 bits per heavy atom. The van der Waals surface area contributed by atoms with Crippen molar-refractivity contribution in [1.82, 2.24) is 9.55 Å². The number of imidazole rings is 1. The third kappa shape index (κ3) is 2.43. The first-order valence-corrected chi connectivity index (χ1v) is 6.07. The van der Waals surface area contributed by atoms with Gasteiger partial charge in [0, 0.05) is 6.54 Å². The van der Waals surface area contributed by atoms with E-state index in [-0.39, 0.29) is 5.82 Å². The highest BCUT2D eigenvalue weighted by molar-refractivity contribution is 5.29. The molecule has 2 rings (SSSR count). The van der Waals surface area contributed by atoms with Crippen LogP contribution in [-0.2, 0) is 6.54 Å². The van der Waals surface area contributed by atoms with Crippen molar-refractivity contribution in [2.24, 2.45) is 0 Å². The molecular weight excluding hydrogens is 231 g/mol. The van der Waals surface area contributed by atoms with Crippen LogP contribution in [0, 0.1) is 12.7 Å². The summed E-state index contributed by atoms with van der Waals surface area (Å²) in [7, 11) is 0. The number of aliphatic hydroxyl groups is 1. The fraction of sp³-hybridized carbons (Fsp3) is 0.357. The molecule has 0 aliphatic rings. The molecule has 2 aromatic rings. The Balaban J connectivity index is 2.32. The predicted octanol–water partition coefficient (Wildman–Crippen LogP) is 2.82. The van der Waals surface area contributed by atoms with Crippen LogP contribution in [0.4, 0.5) is 4.39 Å². The van der Waals surface area contributed by atoms with E-state index in [4.69, 9.17) is 0 Å². The maximum absolute atomic E-state index is 13.5. The van der Waals surface area contributed by atoms with Gasteiger partial charge in [-0.25, -0.2) is 9.37 Å². The first-order valence-electron chi connectivity index (χ1n) is 6.07. The molecule has 1 aromatic carbocycles. The molecule has 1 N–H and O–H groups in total. The van der Waals surface area contributed by atoms with Crippen molar-refractivity contribution in [2.45, 2.75) is 32.9 Å². The Bertz CT molecular complexity index is 536. The number of rotatable bonds is 4. The molecule has 3 nitrogen and oxygen atoms in total. The summed E-state index contributed by atoms with van der Waals surface area (Å²) in [5, 5.41) is 10.3. The quantitative estimate of drug-likeness (QED) is 0.903. The van der Waals surface area contributed by atoms with Gasteiger partial charge < -0.3 is 9.67 Å². The largest absolute Gasteiger partial charge is 0.382 e. The summed E-state index contributed by atoms with van der Waals surface area (Å²) in [5.41, 5.74) is 1.82. The smallest absolute Gasteiger partial charge is 0.126 e. The Morgan fingerprint density at radius 2 is 2.22 bits per heavy atom. The molecule has 0 aliphatic carbocycles. The van der Waals surface area contributed by atoms with Gasteiger partial charge in [0.2, 0.25) is 0 Å². The Hall–Kier alpha value is -1.68. The summed E-state index contributed by atoms with van der Waals surface area (Å²) in [6, 6.07) is 4.80. The number of aliphatic hydroxyl groups excluding tert-OH is 1. The van der Waals surface area contributed by atoms with Crippen LogP contribution in [0.15, 0.2) is 30.7 Å². The highest BCUT2D eigenvalue weighted by atomic mass is 19.1. The second kappa shape index (κ2) is 5.31. The fourth-order valence-corrected chi connectivity index (χ4v) is 1.94. The summed E-state index contributed by atoms with van der Waals surface area (Å²) in [6.45, 7) is 4.55. The number of hydrogen-bond donors (Lipinski definition) is 1. The SMILES string of the molecule is CCCn1cncc1C(O)c1ccc(C)c(F)c1. The summed E-state index contributed by atoms with van der Waals surface area (Å²) >= 11 is 0. The van der Waals surface area contributed by atoms with Gasteiger partial charge in [-0.1, -0.05) is 19.1 Å². The van der Waals surface area contributed by atoms with Crippen LogP contribution in [0.5, 0.6) is 0 Å². The van der Waals surface area contributed by atoms with E-state index in [1.807, 2.05) is 4.57 Å². The standard InChI is InChI=1S/C14H17FN2O/c1-3-6-17-9-16-8-13(17)14(18)11-5-4-10(2)12(15)7-11/h4-5,7-9,14,18H,3,6H2,1-2H3. The highest BCUT2D eigenvalue weighted by Crippen LogP contribution is 2.23. The van der Waals surface area contributed by atoms with E-state index in [2.05, 4.69) is 11.9 Å². The lowest BCUT2D eigenvalue weighted by Crippen LogP contribution is -2.08. The molecule has 18 heavy (non-hydrogen) atoms. The lowest BCUT2D eigenvalue weighted by Gasteiger charge is -2.14. The molecule has 0 fully saturated rings. The minimum atomic E-state index is -0.839. The van der Waals surface area contributed by atoms with Crippen molar-refractivity contribution >= 4 is 0 Å². The Labute approximate surface area is 106 Å². The van der Waals surface area contributed by atoms with Crippen molar-refractivity contribution < 1.29 is 9.50 Å². The predicted molar refractivity (Wildman–Crippen MR) is 67.7 cm³/mol. The van der Waals surface area contributed by atoms with Crippen LogP contribution in [0.3, 0.4) is 0 Å². The van der Waals surface area contributed by atoms with Crippen LogP contribution in [0.1, 0.15) is 36.3 Å². The van der Waals surface area contributed by atoms with E-state index >= 15 is 0 Å². The third-order valence-corrected chi connectivity index (χ3v) is 3.00. The average Bonchev–Trinajstić information content (AvgIpc) is 2.80. The van der Waals surface area contributed by atoms with Crippen molar-refractivity contribution in [2.75, 3.05) is 0 Å². The van der Waals surface area contributed by atoms with E-state index in [1.54, 1.807) is 31.6 Å². The first-order chi connectivity index (χ1) is 8.63. The summed E-state index contributed by atoms with van der Waals surface area (Å²) in [6.07, 6.45) is 3.43. The number of halogens is 1. The van der Waals surface area contributed by atoms with Crippen LogP contribution < -0.4 is 0 Å². The van der Waals surface area contributed by atoms with Crippen molar-refractivity contribution in [3.05, 3.63) is 53.4 Å². The van der Waals surface area contributed by atoms with Gasteiger partial charge >= 0.3 is 0 Å². The monoisotopic (exact) mass is 248 g/mol. The van der Waals surface area contributed by atoms with Crippen molar-refractivity contribution in [3.63, 3.8) is 0 Å². The summed E-state index contributed by atoms with van der Waals surface area (Å²) < 4.78 is 15.4. The van der Waals surface area contributed by atoms with Crippen molar-refractivity contribution in [3.8, 4) is 0 Å². The van der Waals surface area contributed by atoms with E-state index in [9.17, 15) is 9.50 Å². The maximum Gasteiger partial charge on any atom is 0.126 e. The zero-order valence-corrected chi connectivity index (χ0v) is 10.6. The zero-order valence-electron chi connectivity index (χ0n) is 10.6. The molecule has 1 aromatic heterocycles. The minimum Gasteiger partial charge on any atom is -0.382 e. The van der Waals surface area contributed by atoms with Gasteiger partial charge in [-0.2, -0.15) is 0 Å². The minimum absolute atomic E-state index is 0.298. The van der Waals surface area contributed by atoms with Gasteiger partial charge in [-0.15, -0.1) is 0 Å². The lowest BCUT2D eigenvalue weighted by molar-refractivity contribution is 0.209. The van der Waals surface area contributed by atoms with Crippen LogP contribution in [-0.4, -0.2) is 14.7 Å². The zero-order chi connectivity index (χ0) is 13.1. The van der Waals surface area contributed by atoms with Gasteiger partial charge in [0.1, 0.15) is 11.9 Å². The maximum atomic E-state index is 13.5. The molecule has 1 atom stereocenters. The summed E-state index contributed by atoms with van der Waals surface area (Å²) in [5.74, 6) is -0.298. The molecule has 1 heterocycles.